The predicted molar refractivity (Wildman–Crippen MR) is 150 cm³/mol. The molecule has 3 heteroatoms. The Morgan fingerprint density at radius 1 is 0.944 bits per heavy atom. The fraction of sp³-hybridized carbons (Fsp3) is 0.333. The predicted octanol–water partition coefficient (Wildman–Crippen LogP) is 7.72. The van der Waals surface area contributed by atoms with Gasteiger partial charge in [0, 0.05) is 0 Å². The molecule has 188 valence electrons. The molecular weight excluding hydrogens is 612 g/mol. The molecule has 1 atom stereocenters. The van der Waals surface area contributed by atoms with Gasteiger partial charge in [0.15, 0.2) is 0 Å². The Balaban J connectivity index is 0.000000257. The van der Waals surface area contributed by atoms with E-state index >= 15 is 0 Å². The quantitative estimate of drug-likeness (QED) is 0.142. The molecule has 0 heterocycles. The van der Waals surface area contributed by atoms with Crippen LogP contribution in [0.5, 0.6) is 0 Å². The number of hydrogen-bond acceptors (Lipinski definition) is 2. The second kappa shape index (κ2) is 13.0. The number of rotatable bonds is 8. The van der Waals surface area contributed by atoms with Crippen molar-refractivity contribution >= 4 is 25.6 Å². The summed E-state index contributed by atoms with van der Waals surface area (Å²) in [7, 11) is 0. The van der Waals surface area contributed by atoms with Gasteiger partial charge in [-0.05, 0) is 5.92 Å². The number of hydrogen-bond donors (Lipinski definition) is 0. The fourth-order valence-electron chi connectivity index (χ4n) is 4.10. The molecule has 0 aliphatic carbocycles. The Kier molecular flexibility index (Phi) is 10.6. The Bertz CT molecular complexity index is 1260. The standard InChI is InChI=1S/C17H21O2.C16H15.W/c1-8-12-18-14-11-15(19-13-9-2)17(7,10-3)16(4,5)6;1-11(2)16-14-9-5-3-7-12(14)13-8-4-6-10-15(13)16;/h1-3,10-11H,12-13H2,4-7H3;3-11H,1-2H3;/q2*-1;/b15-11+;;. The summed E-state index contributed by atoms with van der Waals surface area (Å²) < 4.78 is 11.9. The van der Waals surface area contributed by atoms with Crippen LogP contribution >= 0.6 is 0 Å². The van der Waals surface area contributed by atoms with Crippen LogP contribution in [-0.4, -0.2) is 17.3 Å². The van der Waals surface area contributed by atoms with Gasteiger partial charge in [0.1, 0.15) is 0 Å². The second-order valence-electron chi connectivity index (χ2n) is 10.1. The summed E-state index contributed by atoms with van der Waals surface area (Å²) in [6.07, 6.45) is 13.9. The molecule has 0 saturated carbocycles. The third kappa shape index (κ3) is 6.71. The van der Waals surface area contributed by atoms with E-state index in [2.05, 4.69) is 95.0 Å². The SMILES string of the molecule is C#CCO[C](=[W])/C=C(/OCC#C)C(C)(C=[CH-])C(C)(C)C.CC(C)[c-]1c2ccccc2c2ccccc21. The van der Waals surface area contributed by atoms with E-state index in [4.69, 9.17) is 28.9 Å². The maximum atomic E-state index is 5.87. The molecule has 0 saturated heterocycles. The molecular formula is C33H36O2W-2. The molecule has 0 radical (unpaired) electrons. The maximum absolute atomic E-state index is 5.87. The summed E-state index contributed by atoms with van der Waals surface area (Å²) in [6, 6.07) is 17.4. The van der Waals surface area contributed by atoms with Crippen LogP contribution in [-0.2, 0) is 28.8 Å². The summed E-state index contributed by atoms with van der Waals surface area (Å²) in [5.41, 5.74) is 0.889. The van der Waals surface area contributed by atoms with Crippen LogP contribution in [0.3, 0.4) is 0 Å². The molecule has 3 aromatic rings. The monoisotopic (exact) mass is 648 g/mol. The van der Waals surface area contributed by atoms with Crippen molar-refractivity contribution in [3.05, 3.63) is 78.6 Å². The Hall–Kier alpha value is -2.77. The molecule has 3 aromatic carbocycles. The molecule has 0 aromatic heterocycles. The van der Waals surface area contributed by atoms with E-state index in [0.29, 0.717) is 11.7 Å². The van der Waals surface area contributed by atoms with E-state index in [1.807, 2.05) is 13.0 Å². The zero-order valence-corrected chi connectivity index (χ0v) is 25.2. The minimum Gasteiger partial charge on any atom is -0.120 e. The van der Waals surface area contributed by atoms with E-state index in [9.17, 15) is 0 Å². The van der Waals surface area contributed by atoms with Gasteiger partial charge in [-0.25, -0.2) is 0 Å². The Morgan fingerprint density at radius 2 is 1.42 bits per heavy atom. The molecule has 1 unspecified atom stereocenters. The van der Waals surface area contributed by atoms with Crippen molar-refractivity contribution in [3.63, 3.8) is 0 Å². The fourth-order valence-corrected chi connectivity index (χ4v) is 4.69. The number of fused-ring (bicyclic) bond motifs is 3. The third-order valence-corrected chi connectivity index (χ3v) is 7.41. The van der Waals surface area contributed by atoms with Crippen LogP contribution in [0, 0.1) is 42.1 Å². The minimum absolute atomic E-state index is 0.135. The van der Waals surface area contributed by atoms with E-state index < -0.39 is 5.41 Å². The Labute approximate surface area is 228 Å². The number of allylic oxidation sites excluding steroid dienone is 1. The van der Waals surface area contributed by atoms with Gasteiger partial charge in [-0.3, -0.25) is 0 Å². The first-order chi connectivity index (χ1) is 17.0. The molecule has 3 rings (SSSR count). The first-order valence-electron chi connectivity index (χ1n) is 12.0. The van der Waals surface area contributed by atoms with E-state index in [1.165, 1.54) is 27.1 Å². The molecule has 0 spiro atoms. The largest absolute Gasteiger partial charge is 0.120 e. The van der Waals surface area contributed by atoms with Gasteiger partial charge >= 0.3 is 134 Å². The van der Waals surface area contributed by atoms with Crippen LogP contribution in [0.25, 0.3) is 21.5 Å². The molecule has 0 amide bonds. The maximum Gasteiger partial charge on any atom is -0.0495 e. The second-order valence-corrected chi connectivity index (χ2v) is 11.5. The average Bonchev–Trinajstić information content (AvgIpc) is 3.19. The van der Waals surface area contributed by atoms with Crippen LogP contribution in [0.4, 0.5) is 0 Å². The zero-order valence-electron chi connectivity index (χ0n) is 22.2. The molecule has 0 N–H and O–H groups in total. The van der Waals surface area contributed by atoms with Gasteiger partial charge in [-0.1, -0.05) is 50.2 Å². The van der Waals surface area contributed by atoms with Crippen molar-refractivity contribution in [2.45, 2.75) is 47.5 Å². The van der Waals surface area contributed by atoms with Gasteiger partial charge in [0.2, 0.25) is 0 Å². The van der Waals surface area contributed by atoms with Crippen LogP contribution in [0.15, 0.2) is 66.4 Å². The number of ether oxygens (including phenoxy) is 2. The normalized spacial score (nSPS) is 13.3. The minimum atomic E-state index is -0.468. The van der Waals surface area contributed by atoms with Crippen molar-refractivity contribution in [1.29, 1.82) is 0 Å². The van der Waals surface area contributed by atoms with Crippen molar-refractivity contribution in [2.75, 3.05) is 13.2 Å². The van der Waals surface area contributed by atoms with E-state index in [1.54, 1.807) is 6.08 Å². The first kappa shape index (κ1) is 29.5. The summed E-state index contributed by atoms with van der Waals surface area (Å²) in [4.78, 5) is 0. The average molecular weight is 648 g/mol. The van der Waals surface area contributed by atoms with Crippen molar-refractivity contribution in [2.24, 2.45) is 10.8 Å². The van der Waals surface area contributed by atoms with Gasteiger partial charge in [0.25, 0.3) is 0 Å². The summed E-state index contributed by atoms with van der Waals surface area (Å²) in [5.74, 6) is 6.16. The van der Waals surface area contributed by atoms with Gasteiger partial charge in [-0.2, -0.15) is 0 Å². The molecule has 0 bridgehead atoms. The van der Waals surface area contributed by atoms with Crippen LogP contribution in [0.2, 0.25) is 0 Å². The summed E-state index contributed by atoms with van der Waals surface area (Å²) >= 11 is 1.16. The number of benzene rings is 2. The smallest absolute Gasteiger partial charge is 0.0495 e. The third-order valence-electron chi connectivity index (χ3n) is 6.56. The Morgan fingerprint density at radius 3 is 1.83 bits per heavy atom. The van der Waals surface area contributed by atoms with Gasteiger partial charge < -0.3 is 0 Å². The molecule has 0 aliphatic rings. The summed E-state index contributed by atoms with van der Waals surface area (Å²) in [6.45, 7) is 19.1. The molecule has 36 heavy (non-hydrogen) atoms. The van der Waals surface area contributed by atoms with E-state index in [-0.39, 0.29) is 18.6 Å². The van der Waals surface area contributed by atoms with E-state index in [0.717, 1.165) is 23.4 Å². The van der Waals surface area contributed by atoms with Crippen LogP contribution < -0.4 is 0 Å². The topological polar surface area (TPSA) is 18.5 Å². The van der Waals surface area contributed by atoms with Crippen molar-refractivity contribution < 1.29 is 28.8 Å². The molecule has 0 fully saturated rings. The van der Waals surface area contributed by atoms with Gasteiger partial charge in [-0.15, -0.1) is 39.2 Å². The van der Waals surface area contributed by atoms with Crippen LogP contribution in [0.1, 0.15) is 53.0 Å². The first-order valence-corrected chi connectivity index (χ1v) is 13.5. The number of terminal acetylenes is 2. The molecule has 2 nitrogen and oxygen atoms in total. The zero-order chi connectivity index (χ0) is 26.9. The summed E-state index contributed by atoms with van der Waals surface area (Å²) in [5, 5.41) is 5.61. The molecule has 0 aliphatic heterocycles. The van der Waals surface area contributed by atoms with Crippen molar-refractivity contribution in [1.82, 2.24) is 0 Å². The van der Waals surface area contributed by atoms with Gasteiger partial charge in [0.05, 0.1) is 0 Å². The van der Waals surface area contributed by atoms with Crippen molar-refractivity contribution in [3.8, 4) is 24.7 Å².